The van der Waals surface area contributed by atoms with Crippen LogP contribution in [0.1, 0.15) is 62.5 Å². The summed E-state index contributed by atoms with van der Waals surface area (Å²) in [6.45, 7) is 4.63. The molecule has 0 radical (unpaired) electrons. The molecule has 0 unspecified atom stereocenters. The molecule has 0 saturated carbocycles. The van der Waals surface area contributed by atoms with E-state index in [0.717, 1.165) is 69.5 Å². The molecule has 1 heterocycles. The molecule has 0 bridgehead atoms. The highest BCUT2D eigenvalue weighted by Crippen LogP contribution is 2.50. The van der Waals surface area contributed by atoms with Crippen LogP contribution < -0.4 is 14.8 Å². The average molecular weight is 641 g/mol. The number of ketones is 2. The van der Waals surface area contributed by atoms with Crippen LogP contribution in [0.3, 0.4) is 0 Å². The Morgan fingerprint density at radius 3 is 2.18 bits per heavy atom. The highest BCUT2D eigenvalue weighted by molar-refractivity contribution is 14.1. The number of nitrogens with zero attached hydrogens (tertiary/aromatic N) is 1. The second kappa shape index (κ2) is 11.5. The highest BCUT2D eigenvalue weighted by Gasteiger charge is 2.43. The van der Waals surface area contributed by atoms with Crippen LogP contribution in [0.5, 0.6) is 11.5 Å². The lowest BCUT2D eigenvalue weighted by Gasteiger charge is -2.43. The molecule has 5 rings (SSSR count). The van der Waals surface area contributed by atoms with Gasteiger partial charge >= 0.3 is 0 Å². The predicted octanol–water partition coefficient (Wildman–Crippen LogP) is 6.06. The summed E-state index contributed by atoms with van der Waals surface area (Å²) in [4.78, 5) is 41.6. The van der Waals surface area contributed by atoms with Gasteiger partial charge < -0.3 is 19.7 Å². The molecule has 2 aliphatic carbocycles. The van der Waals surface area contributed by atoms with Crippen LogP contribution in [0.15, 0.2) is 58.9 Å². The summed E-state index contributed by atoms with van der Waals surface area (Å²) in [5, 5.41) is 2.84. The number of allylic oxidation sites excluding steroid dienone is 4. The van der Waals surface area contributed by atoms with E-state index >= 15 is 0 Å². The first kappa shape index (κ1) is 27.4. The number of Topliss-reactive ketones (excluding diaryl/α,β-unsaturated/α-hetero) is 2. The molecule has 0 fully saturated rings. The van der Waals surface area contributed by atoms with Gasteiger partial charge in [0.1, 0.15) is 0 Å². The van der Waals surface area contributed by atoms with Crippen LogP contribution in [-0.4, -0.2) is 42.6 Å². The van der Waals surface area contributed by atoms with Gasteiger partial charge in [0.05, 0.1) is 10.7 Å². The normalized spacial score (nSPS) is 17.7. The quantitative estimate of drug-likeness (QED) is 0.371. The second-order valence-electron chi connectivity index (χ2n) is 10.2. The van der Waals surface area contributed by atoms with Crippen molar-refractivity contribution in [2.75, 3.05) is 25.6 Å². The van der Waals surface area contributed by atoms with Gasteiger partial charge in [0.25, 0.3) is 5.91 Å². The number of benzene rings is 2. The van der Waals surface area contributed by atoms with E-state index in [0.29, 0.717) is 30.0 Å². The van der Waals surface area contributed by atoms with Crippen molar-refractivity contribution in [1.82, 2.24) is 4.90 Å². The summed E-state index contributed by atoms with van der Waals surface area (Å²) < 4.78 is 12.4. The summed E-state index contributed by atoms with van der Waals surface area (Å²) in [6, 6.07) is 11.4. The standard InChI is InChI=1S/C31H33IN2O5/c1-4-34-22-7-5-9-24(35)29(22)28(30-23(34)8-6-10-25(30)36)19-15-21(32)31(26(16-19)38-3)39-17-27(37)33-20-13-11-18(2)12-14-20/h11-16,28H,4-10,17H2,1-3H3,(H,33,37). The molecule has 2 aromatic rings. The van der Waals surface area contributed by atoms with E-state index in [4.69, 9.17) is 9.47 Å². The van der Waals surface area contributed by atoms with Crippen molar-refractivity contribution in [2.24, 2.45) is 0 Å². The fraction of sp³-hybridized carbons (Fsp3) is 0.387. The van der Waals surface area contributed by atoms with Crippen molar-refractivity contribution < 1.29 is 23.9 Å². The molecule has 0 saturated heterocycles. The van der Waals surface area contributed by atoms with Crippen molar-refractivity contribution in [3.05, 3.63) is 73.6 Å². The van der Waals surface area contributed by atoms with Gasteiger partial charge in [-0.3, -0.25) is 14.4 Å². The van der Waals surface area contributed by atoms with Gasteiger partial charge in [-0.25, -0.2) is 0 Å². The summed E-state index contributed by atoms with van der Waals surface area (Å²) in [5.74, 6) is 0.463. The largest absolute Gasteiger partial charge is 0.493 e. The van der Waals surface area contributed by atoms with Crippen molar-refractivity contribution in [3.63, 3.8) is 0 Å². The lowest BCUT2D eigenvalue weighted by Crippen LogP contribution is -2.39. The van der Waals surface area contributed by atoms with Crippen LogP contribution >= 0.6 is 22.6 Å². The third kappa shape index (κ3) is 5.35. The summed E-state index contributed by atoms with van der Waals surface area (Å²) in [5.41, 5.74) is 6.28. The number of methoxy groups -OCH3 is 1. The zero-order valence-corrected chi connectivity index (χ0v) is 24.7. The number of hydrogen-bond donors (Lipinski definition) is 1. The van der Waals surface area contributed by atoms with Crippen molar-refractivity contribution in [1.29, 1.82) is 0 Å². The molecule has 0 atom stereocenters. The van der Waals surface area contributed by atoms with E-state index in [2.05, 4.69) is 39.7 Å². The maximum absolute atomic E-state index is 13.4. The molecule has 0 spiro atoms. The maximum Gasteiger partial charge on any atom is 0.262 e. The Balaban J connectivity index is 1.48. The topological polar surface area (TPSA) is 84.9 Å². The molecule has 1 aliphatic heterocycles. The van der Waals surface area contributed by atoms with E-state index in [9.17, 15) is 14.4 Å². The molecule has 2 aromatic carbocycles. The number of ether oxygens (including phenoxy) is 2. The molecule has 39 heavy (non-hydrogen) atoms. The van der Waals surface area contributed by atoms with Crippen LogP contribution in [0.25, 0.3) is 0 Å². The number of nitrogens with one attached hydrogen (secondary N) is 1. The van der Waals surface area contributed by atoms with Gasteiger partial charge in [-0.15, -0.1) is 0 Å². The van der Waals surface area contributed by atoms with Gasteiger partial charge in [-0.05, 0) is 92.0 Å². The Hall–Kier alpha value is -3.14. The van der Waals surface area contributed by atoms with Crippen LogP contribution in [0.4, 0.5) is 5.69 Å². The van der Waals surface area contributed by atoms with Crippen LogP contribution in [0.2, 0.25) is 0 Å². The number of carbonyl (C=O) groups is 3. The van der Waals surface area contributed by atoms with E-state index in [1.807, 2.05) is 43.3 Å². The van der Waals surface area contributed by atoms with E-state index in [1.54, 1.807) is 7.11 Å². The number of anilines is 1. The molecular formula is C31H33IN2O5. The Kier molecular flexibility index (Phi) is 8.11. The number of amides is 1. The minimum absolute atomic E-state index is 0.117. The minimum Gasteiger partial charge on any atom is -0.493 e. The van der Waals surface area contributed by atoms with Gasteiger partial charge in [0, 0.05) is 53.5 Å². The second-order valence-corrected chi connectivity index (χ2v) is 11.4. The fourth-order valence-corrected chi connectivity index (χ4v) is 6.73. The number of aryl methyl sites for hydroxylation is 1. The number of halogens is 1. The SMILES string of the molecule is CCN1C2=C(C(=O)CCC2)C(c2cc(I)c(OCC(=O)Nc3ccc(C)cc3)c(OC)c2)C2=C1CCCC2=O. The molecular weight excluding hydrogens is 607 g/mol. The van der Waals surface area contributed by atoms with Crippen LogP contribution in [0, 0.1) is 10.5 Å². The molecule has 1 N–H and O–H groups in total. The third-order valence-corrected chi connectivity index (χ3v) is 8.47. The van der Waals surface area contributed by atoms with Crippen molar-refractivity contribution >= 4 is 45.8 Å². The Morgan fingerprint density at radius 2 is 1.62 bits per heavy atom. The maximum atomic E-state index is 13.4. The van der Waals surface area contributed by atoms with Gasteiger partial charge in [-0.1, -0.05) is 17.7 Å². The summed E-state index contributed by atoms with van der Waals surface area (Å²) >= 11 is 2.17. The first-order valence-corrected chi connectivity index (χ1v) is 14.6. The summed E-state index contributed by atoms with van der Waals surface area (Å²) in [7, 11) is 1.56. The van der Waals surface area contributed by atoms with Gasteiger partial charge in [-0.2, -0.15) is 0 Å². The smallest absolute Gasteiger partial charge is 0.262 e. The van der Waals surface area contributed by atoms with Crippen LogP contribution in [-0.2, 0) is 14.4 Å². The van der Waals surface area contributed by atoms with Gasteiger partial charge in [0.15, 0.2) is 29.7 Å². The Morgan fingerprint density at radius 1 is 1.00 bits per heavy atom. The number of rotatable bonds is 7. The molecule has 8 heteroatoms. The molecule has 204 valence electrons. The first-order chi connectivity index (χ1) is 18.8. The van der Waals surface area contributed by atoms with E-state index in [1.165, 1.54) is 0 Å². The van der Waals surface area contributed by atoms with E-state index < -0.39 is 5.92 Å². The monoisotopic (exact) mass is 640 g/mol. The van der Waals surface area contributed by atoms with E-state index in [-0.39, 0.29) is 24.1 Å². The Bertz CT molecular complexity index is 1350. The number of hydrogen-bond acceptors (Lipinski definition) is 6. The molecule has 7 nitrogen and oxygen atoms in total. The lowest BCUT2D eigenvalue weighted by atomic mass is 9.71. The zero-order valence-electron chi connectivity index (χ0n) is 22.6. The lowest BCUT2D eigenvalue weighted by molar-refractivity contribution is -0.118. The number of carbonyl (C=O) groups excluding carboxylic acids is 3. The predicted molar refractivity (Wildman–Crippen MR) is 158 cm³/mol. The first-order valence-electron chi connectivity index (χ1n) is 13.5. The zero-order chi connectivity index (χ0) is 27.7. The van der Waals surface area contributed by atoms with Gasteiger partial charge in [0.2, 0.25) is 0 Å². The van der Waals surface area contributed by atoms with Crippen molar-refractivity contribution in [3.8, 4) is 11.5 Å². The third-order valence-electron chi connectivity index (χ3n) is 7.67. The minimum atomic E-state index is -0.417. The summed E-state index contributed by atoms with van der Waals surface area (Å²) in [6.07, 6.45) is 4.32. The Labute approximate surface area is 242 Å². The highest BCUT2D eigenvalue weighted by atomic mass is 127. The average Bonchev–Trinajstić information content (AvgIpc) is 2.92. The molecule has 0 aromatic heterocycles. The fourth-order valence-electron chi connectivity index (χ4n) is 5.95. The molecule has 3 aliphatic rings. The van der Waals surface area contributed by atoms with Crippen molar-refractivity contribution in [2.45, 2.75) is 58.3 Å². The molecule has 1 amide bonds.